The van der Waals surface area contributed by atoms with E-state index in [9.17, 15) is 9.59 Å². The zero-order valence-electron chi connectivity index (χ0n) is 14.2. The van der Waals surface area contributed by atoms with Gasteiger partial charge in [-0.1, -0.05) is 30.3 Å². The summed E-state index contributed by atoms with van der Waals surface area (Å²) in [6.45, 7) is 5.30. The molecule has 2 amide bonds. The second kappa shape index (κ2) is 8.54. The molecule has 0 N–H and O–H groups in total. The zero-order valence-corrected chi connectivity index (χ0v) is 14.2. The van der Waals surface area contributed by atoms with Gasteiger partial charge in [0.25, 0.3) is 0 Å². The van der Waals surface area contributed by atoms with Crippen molar-refractivity contribution in [1.82, 2.24) is 14.7 Å². The molecule has 5 nitrogen and oxygen atoms in total. The van der Waals surface area contributed by atoms with Crippen molar-refractivity contribution in [2.75, 3.05) is 34.2 Å². The van der Waals surface area contributed by atoms with Crippen LogP contribution < -0.4 is 0 Å². The predicted octanol–water partition coefficient (Wildman–Crippen LogP) is 1.44. The highest BCUT2D eigenvalue weighted by atomic mass is 16.2. The summed E-state index contributed by atoms with van der Waals surface area (Å²) < 4.78 is 0. The lowest BCUT2D eigenvalue weighted by molar-refractivity contribution is -0.138. The van der Waals surface area contributed by atoms with E-state index in [2.05, 4.69) is 0 Å². The molecule has 0 saturated heterocycles. The number of amides is 2. The van der Waals surface area contributed by atoms with Gasteiger partial charge < -0.3 is 9.80 Å². The summed E-state index contributed by atoms with van der Waals surface area (Å²) in [5.41, 5.74) is 1.11. The van der Waals surface area contributed by atoms with Crippen molar-refractivity contribution in [3.63, 3.8) is 0 Å². The van der Waals surface area contributed by atoms with Crippen LogP contribution >= 0.6 is 0 Å². The lowest BCUT2D eigenvalue weighted by atomic mass is 10.2. The topological polar surface area (TPSA) is 43.9 Å². The Hall–Kier alpha value is -1.88. The van der Waals surface area contributed by atoms with E-state index < -0.39 is 0 Å². The Morgan fingerprint density at radius 3 is 2.18 bits per heavy atom. The maximum absolute atomic E-state index is 12.6. The fraction of sp³-hybridized carbons (Fsp3) is 0.529. The van der Waals surface area contributed by atoms with Crippen LogP contribution in [0.3, 0.4) is 0 Å². The molecule has 0 fully saturated rings. The van der Waals surface area contributed by atoms with Crippen LogP contribution in [0.5, 0.6) is 0 Å². The van der Waals surface area contributed by atoms with Crippen molar-refractivity contribution in [2.45, 2.75) is 26.4 Å². The van der Waals surface area contributed by atoms with Crippen LogP contribution in [0.4, 0.5) is 0 Å². The van der Waals surface area contributed by atoms with Crippen LogP contribution in [0.25, 0.3) is 0 Å². The second-order valence-corrected chi connectivity index (χ2v) is 5.72. The van der Waals surface area contributed by atoms with Gasteiger partial charge in [-0.25, -0.2) is 0 Å². The van der Waals surface area contributed by atoms with Gasteiger partial charge in [-0.2, -0.15) is 0 Å². The maximum atomic E-state index is 12.6. The number of carbonyl (C=O) groups is 2. The minimum absolute atomic E-state index is 0.00624. The monoisotopic (exact) mass is 305 g/mol. The van der Waals surface area contributed by atoms with Crippen molar-refractivity contribution in [2.24, 2.45) is 0 Å². The van der Waals surface area contributed by atoms with E-state index in [0.717, 1.165) is 5.56 Å². The molecule has 0 bridgehead atoms. The second-order valence-electron chi connectivity index (χ2n) is 5.72. The number of hydrogen-bond donors (Lipinski definition) is 0. The van der Waals surface area contributed by atoms with Crippen molar-refractivity contribution in [3.05, 3.63) is 35.9 Å². The smallest absolute Gasteiger partial charge is 0.239 e. The highest BCUT2D eigenvalue weighted by molar-refractivity contribution is 5.83. The third-order valence-corrected chi connectivity index (χ3v) is 3.81. The van der Waals surface area contributed by atoms with Crippen LogP contribution in [0.15, 0.2) is 30.3 Å². The van der Waals surface area contributed by atoms with Gasteiger partial charge in [0.15, 0.2) is 0 Å². The molecule has 1 unspecified atom stereocenters. The first-order chi connectivity index (χ1) is 10.4. The molecule has 0 aliphatic rings. The fourth-order valence-corrected chi connectivity index (χ4v) is 2.09. The number of carbonyl (C=O) groups excluding carboxylic acids is 2. The van der Waals surface area contributed by atoms with Crippen LogP contribution in [-0.2, 0) is 16.1 Å². The predicted molar refractivity (Wildman–Crippen MR) is 88.3 cm³/mol. The first-order valence-corrected chi connectivity index (χ1v) is 7.59. The number of rotatable bonds is 7. The number of benzene rings is 1. The van der Waals surface area contributed by atoms with Gasteiger partial charge in [0.05, 0.1) is 12.6 Å². The van der Waals surface area contributed by atoms with E-state index in [0.29, 0.717) is 13.1 Å². The molecule has 0 radical (unpaired) electrons. The molecule has 1 aromatic rings. The molecule has 1 aromatic carbocycles. The van der Waals surface area contributed by atoms with Crippen LogP contribution in [0, 0.1) is 0 Å². The van der Waals surface area contributed by atoms with Gasteiger partial charge in [-0.3, -0.25) is 14.5 Å². The van der Waals surface area contributed by atoms with Gasteiger partial charge in [0.1, 0.15) is 0 Å². The standard InChI is InChI=1S/C17H27N3O2/c1-6-20(12-15-10-8-7-9-11-15)17(22)14(2)19(5)13-16(21)18(3)4/h7-11,14H,6,12-13H2,1-5H3. The summed E-state index contributed by atoms with van der Waals surface area (Å²) in [4.78, 5) is 29.5. The molecule has 0 aliphatic carbocycles. The van der Waals surface area contributed by atoms with Crippen LogP contribution in [-0.4, -0.2) is 66.8 Å². The molecule has 0 spiro atoms. The fourth-order valence-electron chi connectivity index (χ4n) is 2.09. The molecule has 22 heavy (non-hydrogen) atoms. The Morgan fingerprint density at radius 2 is 1.68 bits per heavy atom. The molecular weight excluding hydrogens is 278 g/mol. The quantitative estimate of drug-likeness (QED) is 0.766. The Kier molecular flexibility index (Phi) is 7.05. The summed E-state index contributed by atoms with van der Waals surface area (Å²) in [7, 11) is 5.24. The Labute approximate surface area is 133 Å². The number of hydrogen-bond acceptors (Lipinski definition) is 3. The van der Waals surface area contributed by atoms with Gasteiger partial charge in [-0.15, -0.1) is 0 Å². The zero-order chi connectivity index (χ0) is 16.7. The summed E-state index contributed by atoms with van der Waals surface area (Å²) >= 11 is 0. The molecule has 122 valence electrons. The summed E-state index contributed by atoms with van der Waals surface area (Å²) in [5, 5.41) is 0. The molecule has 5 heteroatoms. The van der Waals surface area contributed by atoms with Crippen molar-refractivity contribution in [3.8, 4) is 0 Å². The largest absolute Gasteiger partial charge is 0.348 e. The van der Waals surface area contributed by atoms with Gasteiger partial charge in [0.2, 0.25) is 11.8 Å². The highest BCUT2D eigenvalue weighted by Gasteiger charge is 2.24. The molecule has 1 rings (SSSR count). The summed E-state index contributed by atoms with van der Waals surface area (Å²) in [6, 6.07) is 9.61. The average Bonchev–Trinajstić information content (AvgIpc) is 2.51. The van der Waals surface area contributed by atoms with E-state index in [4.69, 9.17) is 0 Å². The molecule has 0 heterocycles. The lowest BCUT2D eigenvalue weighted by Crippen LogP contribution is -2.48. The molecule has 0 aliphatic heterocycles. The van der Waals surface area contributed by atoms with E-state index >= 15 is 0 Å². The minimum atomic E-state index is -0.326. The third-order valence-electron chi connectivity index (χ3n) is 3.81. The van der Waals surface area contributed by atoms with Crippen LogP contribution in [0.2, 0.25) is 0 Å². The Balaban J connectivity index is 2.68. The van der Waals surface area contributed by atoms with Gasteiger partial charge >= 0.3 is 0 Å². The summed E-state index contributed by atoms with van der Waals surface area (Å²) in [5.74, 6) is 0.0358. The number of nitrogens with zero attached hydrogens (tertiary/aromatic N) is 3. The number of likely N-dealkylation sites (N-methyl/N-ethyl adjacent to an activating group) is 3. The summed E-state index contributed by atoms with van der Waals surface area (Å²) in [6.07, 6.45) is 0. The highest BCUT2D eigenvalue weighted by Crippen LogP contribution is 2.08. The van der Waals surface area contributed by atoms with Gasteiger partial charge in [0, 0.05) is 27.2 Å². The normalized spacial score (nSPS) is 12.1. The van der Waals surface area contributed by atoms with Crippen molar-refractivity contribution >= 4 is 11.8 Å². The first kappa shape index (κ1) is 18.2. The van der Waals surface area contributed by atoms with E-state index in [1.54, 1.807) is 26.0 Å². The minimum Gasteiger partial charge on any atom is -0.348 e. The first-order valence-electron chi connectivity index (χ1n) is 7.59. The third kappa shape index (κ3) is 5.15. The molecular formula is C17H27N3O2. The Bertz CT molecular complexity index is 488. The van der Waals surface area contributed by atoms with E-state index in [1.165, 1.54) is 4.90 Å². The van der Waals surface area contributed by atoms with E-state index in [1.807, 2.05) is 49.1 Å². The van der Waals surface area contributed by atoms with E-state index in [-0.39, 0.29) is 24.4 Å². The lowest BCUT2D eigenvalue weighted by Gasteiger charge is -2.30. The molecule has 1 atom stereocenters. The SMILES string of the molecule is CCN(Cc1ccccc1)C(=O)C(C)N(C)CC(=O)N(C)C. The molecule has 0 saturated carbocycles. The van der Waals surface area contributed by atoms with Crippen LogP contribution in [0.1, 0.15) is 19.4 Å². The van der Waals surface area contributed by atoms with Crippen molar-refractivity contribution in [1.29, 1.82) is 0 Å². The Morgan fingerprint density at radius 1 is 1.09 bits per heavy atom. The van der Waals surface area contributed by atoms with Crippen molar-refractivity contribution < 1.29 is 9.59 Å². The van der Waals surface area contributed by atoms with Gasteiger partial charge in [-0.05, 0) is 26.5 Å². The average molecular weight is 305 g/mol. The maximum Gasteiger partial charge on any atom is 0.239 e. The molecule has 0 aromatic heterocycles.